The molecule has 110 valence electrons. The number of hydrogen-bond acceptors (Lipinski definition) is 4. The van der Waals surface area contributed by atoms with Crippen molar-refractivity contribution in [3.05, 3.63) is 29.8 Å². The summed E-state index contributed by atoms with van der Waals surface area (Å²) in [6.07, 6.45) is 2.18. The van der Waals surface area contributed by atoms with Gasteiger partial charge in [-0.15, -0.1) is 0 Å². The van der Waals surface area contributed by atoms with E-state index in [1.54, 1.807) is 18.2 Å². The van der Waals surface area contributed by atoms with E-state index in [1.807, 2.05) is 0 Å². The lowest BCUT2D eigenvalue weighted by Crippen LogP contribution is -2.39. The zero-order valence-corrected chi connectivity index (χ0v) is 12.6. The van der Waals surface area contributed by atoms with Crippen LogP contribution in [0, 0.1) is 0 Å². The standard InChI is InChI=1S/C13H18N2O3S2/c14-13(19)11-3-1-2-4-12(11)20(17,18)15-9-5-7-10(16)8-6-9/h1-4,9-10,15-16H,5-8H2,(H2,14,19). The van der Waals surface area contributed by atoms with Crippen LogP contribution in [0.25, 0.3) is 0 Å². The van der Waals surface area contributed by atoms with Gasteiger partial charge < -0.3 is 10.8 Å². The van der Waals surface area contributed by atoms with Crippen molar-refractivity contribution in [1.29, 1.82) is 0 Å². The Labute approximate surface area is 124 Å². The van der Waals surface area contributed by atoms with Crippen LogP contribution < -0.4 is 10.5 Å². The molecular weight excluding hydrogens is 296 g/mol. The van der Waals surface area contributed by atoms with Gasteiger partial charge in [0, 0.05) is 11.6 Å². The summed E-state index contributed by atoms with van der Waals surface area (Å²) in [5, 5.41) is 9.45. The highest BCUT2D eigenvalue weighted by Crippen LogP contribution is 2.22. The van der Waals surface area contributed by atoms with Crippen molar-refractivity contribution < 1.29 is 13.5 Å². The van der Waals surface area contributed by atoms with Crippen LogP contribution in [0.4, 0.5) is 0 Å². The fourth-order valence-corrected chi connectivity index (χ4v) is 4.15. The van der Waals surface area contributed by atoms with Crippen LogP contribution in [-0.2, 0) is 10.0 Å². The molecular formula is C13H18N2O3S2. The number of nitrogens with two attached hydrogens (primary N) is 1. The minimum atomic E-state index is -3.65. The first-order valence-electron chi connectivity index (χ1n) is 6.49. The number of sulfonamides is 1. The van der Waals surface area contributed by atoms with Crippen molar-refractivity contribution in [2.75, 3.05) is 0 Å². The molecule has 0 amide bonds. The van der Waals surface area contributed by atoms with Crippen LogP contribution in [-0.4, -0.2) is 30.7 Å². The summed E-state index contributed by atoms with van der Waals surface area (Å²) in [6.45, 7) is 0. The summed E-state index contributed by atoms with van der Waals surface area (Å²) in [6, 6.07) is 6.28. The first-order chi connectivity index (χ1) is 9.40. The number of thiocarbonyl (C=S) groups is 1. The van der Waals surface area contributed by atoms with Gasteiger partial charge in [0.2, 0.25) is 10.0 Å². The third-order valence-electron chi connectivity index (χ3n) is 3.46. The fourth-order valence-electron chi connectivity index (χ4n) is 2.38. The van der Waals surface area contributed by atoms with Gasteiger partial charge in [0.25, 0.3) is 0 Å². The number of rotatable bonds is 4. The molecule has 1 aliphatic rings. The van der Waals surface area contributed by atoms with E-state index >= 15 is 0 Å². The molecule has 0 saturated heterocycles. The first kappa shape index (κ1) is 15.4. The minimum absolute atomic E-state index is 0.0602. The Morgan fingerprint density at radius 3 is 2.45 bits per heavy atom. The maximum absolute atomic E-state index is 12.4. The molecule has 0 heterocycles. The average Bonchev–Trinajstić information content (AvgIpc) is 2.41. The molecule has 1 aliphatic carbocycles. The zero-order valence-electron chi connectivity index (χ0n) is 11.0. The van der Waals surface area contributed by atoms with Crippen LogP contribution in [0.2, 0.25) is 0 Å². The Morgan fingerprint density at radius 1 is 1.25 bits per heavy atom. The Balaban J connectivity index is 2.21. The topological polar surface area (TPSA) is 92.4 Å². The molecule has 5 nitrogen and oxygen atoms in total. The minimum Gasteiger partial charge on any atom is -0.393 e. The molecule has 0 atom stereocenters. The van der Waals surface area contributed by atoms with Crippen molar-refractivity contribution >= 4 is 27.2 Å². The van der Waals surface area contributed by atoms with E-state index in [-0.39, 0.29) is 22.0 Å². The quantitative estimate of drug-likeness (QED) is 0.718. The van der Waals surface area contributed by atoms with Crippen molar-refractivity contribution in [2.24, 2.45) is 5.73 Å². The summed E-state index contributed by atoms with van der Waals surface area (Å²) >= 11 is 4.89. The van der Waals surface area contributed by atoms with Crippen molar-refractivity contribution in [1.82, 2.24) is 4.72 Å². The van der Waals surface area contributed by atoms with E-state index in [9.17, 15) is 13.5 Å². The van der Waals surface area contributed by atoms with E-state index in [4.69, 9.17) is 18.0 Å². The second-order valence-electron chi connectivity index (χ2n) is 4.99. The van der Waals surface area contributed by atoms with Crippen LogP contribution in [0.15, 0.2) is 29.2 Å². The molecule has 1 saturated carbocycles. The molecule has 0 unspecified atom stereocenters. The third kappa shape index (κ3) is 3.54. The number of benzene rings is 1. The van der Waals surface area contributed by atoms with Crippen molar-refractivity contribution in [2.45, 2.75) is 42.7 Å². The van der Waals surface area contributed by atoms with Crippen molar-refractivity contribution in [3.8, 4) is 0 Å². The second-order valence-corrected chi connectivity index (χ2v) is 7.11. The van der Waals surface area contributed by atoms with Crippen LogP contribution in [0.3, 0.4) is 0 Å². The van der Waals surface area contributed by atoms with Gasteiger partial charge in [-0.05, 0) is 31.7 Å². The number of aliphatic hydroxyl groups is 1. The van der Waals surface area contributed by atoms with Gasteiger partial charge in [0.15, 0.2) is 0 Å². The molecule has 7 heteroatoms. The van der Waals surface area contributed by atoms with E-state index < -0.39 is 10.0 Å². The Hall–Kier alpha value is -1.02. The molecule has 1 fully saturated rings. The van der Waals surface area contributed by atoms with Crippen molar-refractivity contribution in [3.63, 3.8) is 0 Å². The second kappa shape index (κ2) is 6.17. The van der Waals surface area contributed by atoms with Gasteiger partial charge in [0.05, 0.1) is 11.0 Å². The number of aliphatic hydroxyl groups excluding tert-OH is 1. The molecule has 0 bridgehead atoms. The van der Waals surface area contributed by atoms with Gasteiger partial charge >= 0.3 is 0 Å². The molecule has 0 aliphatic heterocycles. The number of hydrogen-bond donors (Lipinski definition) is 3. The molecule has 0 aromatic heterocycles. The Bertz CT molecular complexity index is 593. The smallest absolute Gasteiger partial charge is 0.241 e. The highest BCUT2D eigenvalue weighted by Gasteiger charge is 2.26. The Kier molecular flexibility index (Phi) is 4.74. The molecule has 1 aromatic rings. The largest absolute Gasteiger partial charge is 0.393 e. The van der Waals surface area contributed by atoms with Crippen LogP contribution in [0.5, 0.6) is 0 Å². The molecule has 2 rings (SSSR count). The maximum atomic E-state index is 12.4. The van der Waals surface area contributed by atoms with E-state index in [1.165, 1.54) is 6.07 Å². The summed E-state index contributed by atoms with van der Waals surface area (Å²) in [7, 11) is -3.65. The first-order valence-corrected chi connectivity index (χ1v) is 8.38. The molecule has 4 N–H and O–H groups in total. The van der Waals surface area contributed by atoms with Gasteiger partial charge in [-0.1, -0.05) is 30.4 Å². The summed E-state index contributed by atoms with van der Waals surface area (Å²) in [5.74, 6) is 0. The lowest BCUT2D eigenvalue weighted by molar-refractivity contribution is 0.120. The van der Waals surface area contributed by atoms with Gasteiger partial charge in [-0.25, -0.2) is 13.1 Å². The highest BCUT2D eigenvalue weighted by atomic mass is 32.2. The van der Waals surface area contributed by atoms with Gasteiger partial charge in [-0.2, -0.15) is 0 Å². The Morgan fingerprint density at radius 2 is 1.85 bits per heavy atom. The van der Waals surface area contributed by atoms with E-state index in [0.717, 1.165) is 0 Å². The van der Waals surface area contributed by atoms with E-state index in [2.05, 4.69) is 4.72 Å². The normalized spacial score (nSPS) is 23.4. The lowest BCUT2D eigenvalue weighted by Gasteiger charge is -2.26. The van der Waals surface area contributed by atoms with Gasteiger partial charge in [-0.3, -0.25) is 0 Å². The van der Waals surface area contributed by atoms with E-state index in [0.29, 0.717) is 31.2 Å². The van der Waals surface area contributed by atoms with Gasteiger partial charge in [0.1, 0.15) is 4.99 Å². The summed E-state index contributed by atoms with van der Waals surface area (Å²) < 4.78 is 27.5. The van der Waals surface area contributed by atoms with Crippen LogP contribution in [0.1, 0.15) is 31.2 Å². The SMILES string of the molecule is NC(=S)c1ccccc1S(=O)(=O)NC1CCC(O)CC1. The molecule has 0 spiro atoms. The van der Waals surface area contributed by atoms with Crippen LogP contribution >= 0.6 is 12.2 Å². The summed E-state index contributed by atoms with van der Waals surface area (Å²) in [4.78, 5) is 0.170. The maximum Gasteiger partial charge on any atom is 0.241 e. The predicted molar refractivity (Wildman–Crippen MR) is 80.9 cm³/mol. The molecule has 1 aromatic carbocycles. The zero-order chi connectivity index (χ0) is 14.8. The third-order valence-corrected chi connectivity index (χ3v) is 5.26. The summed E-state index contributed by atoms with van der Waals surface area (Å²) in [5.41, 5.74) is 5.92. The average molecular weight is 314 g/mol. The highest BCUT2D eigenvalue weighted by molar-refractivity contribution is 7.89. The monoisotopic (exact) mass is 314 g/mol. The molecule has 20 heavy (non-hydrogen) atoms. The lowest BCUT2D eigenvalue weighted by atomic mass is 9.94. The number of nitrogens with one attached hydrogen (secondary N) is 1. The fraction of sp³-hybridized carbons (Fsp3) is 0.462. The predicted octanol–water partition coefficient (Wildman–Crippen LogP) is 0.903. The molecule has 0 radical (unpaired) electrons.